The van der Waals surface area contributed by atoms with Crippen molar-refractivity contribution in [2.75, 3.05) is 7.05 Å². The average molecular weight is 255 g/mol. The van der Waals surface area contributed by atoms with Crippen molar-refractivity contribution in [1.29, 1.82) is 0 Å². The molecular weight excluding hydrogens is 246 g/mol. The van der Waals surface area contributed by atoms with Crippen molar-refractivity contribution >= 4 is 17.8 Å². The van der Waals surface area contributed by atoms with E-state index in [0.717, 1.165) is 17.2 Å². The number of nitro benzene ring substituents is 2. The molecule has 0 saturated heterocycles. The highest BCUT2D eigenvalue weighted by molar-refractivity contribution is 5.53. The summed E-state index contributed by atoms with van der Waals surface area (Å²) in [7, 11) is 1.27. The summed E-state index contributed by atoms with van der Waals surface area (Å²) >= 11 is 0. The maximum absolute atomic E-state index is 10.8. The Morgan fingerprint density at radius 1 is 1.28 bits per heavy atom. The van der Waals surface area contributed by atoms with Crippen LogP contribution in [-0.4, -0.2) is 28.4 Å². The number of carbonyl (C=O) groups is 1. The fraction of sp³-hybridized carbons (Fsp3) is 0.222. The van der Waals surface area contributed by atoms with Crippen LogP contribution >= 0.6 is 0 Å². The van der Waals surface area contributed by atoms with Crippen LogP contribution in [0.3, 0.4) is 0 Å². The zero-order valence-corrected chi connectivity index (χ0v) is 9.31. The Balaban J connectivity index is 3.14. The third kappa shape index (κ3) is 2.98. The van der Waals surface area contributed by atoms with E-state index >= 15 is 0 Å². The predicted octanol–water partition coefficient (Wildman–Crippen LogP) is 1.02. The molecule has 0 saturated carbocycles. The van der Waals surface area contributed by atoms with Crippen LogP contribution in [0.1, 0.15) is 5.56 Å². The predicted molar refractivity (Wildman–Crippen MR) is 58.4 cm³/mol. The maximum Gasteiger partial charge on any atom is 0.281 e. The second-order valence-electron chi connectivity index (χ2n) is 3.21. The van der Waals surface area contributed by atoms with E-state index < -0.39 is 27.8 Å². The largest absolute Gasteiger partial charge is 0.281 e. The van der Waals surface area contributed by atoms with Crippen LogP contribution in [0.25, 0.3) is 0 Å². The molecule has 0 spiro atoms. The van der Waals surface area contributed by atoms with Gasteiger partial charge in [-0.15, -0.1) is 0 Å². The Morgan fingerprint density at radius 3 is 2.17 bits per heavy atom. The van der Waals surface area contributed by atoms with Gasteiger partial charge in [0.1, 0.15) is 12.2 Å². The summed E-state index contributed by atoms with van der Waals surface area (Å²) < 4.78 is 0. The molecule has 1 aromatic carbocycles. The summed E-state index contributed by atoms with van der Waals surface area (Å²) in [5.74, 6) is 0. The van der Waals surface area contributed by atoms with E-state index in [2.05, 4.69) is 0 Å². The number of benzene rings is 1. The Morgan fingerprint density at radius 2 is 1.78 bits per heavy atom. The molecule has 0 aromatic heterocycles. The molecule has 1 amide bonds. The van der Waals surface area contributed by atoms with Crippen molar-refractivity contribution in [2.24, 2.45) is 0 Å². The lowest BCUT2D eigenvalue weighted by molar-refractivity contribution is -0.396. The van der Waals surface area contributed by atoms with Gasteiger partial charge in [0.15, 0.2) is 0 Å². The smallest absolute Gasteiger partial charge is 0.276 e. The molecule has 9 nitrogen and oxygen atoms in total. The minimum absolute atomic E-state index is 0.193. The summed E-state index contributed by atoms with van der Waals surface area (Å²) in [6.45, 7) is -0.442. The van der Waals surface area contributed by atoms with E-state index in [1.165, 1.54) is 13.1 Å². The summed E-state index contributed by atoms with van der Waals surface area (Å²) in [5.41, 5.74) is -1.05. The zero-order valence-electron chi connectivity index (χ0n) is 9.31. The van der Waals surface area contributed by atoms with Gasteiger partial charge in [-0.25, -0.2) is 5.06 Å². The summed E-state index contributed by atoms with van der Waals surface area (Å²) in [4.78, 5) is 35.1. The molecule has 0 unspecified atom stereocenters. The molecule has 0 atom stereocenters. The highest BCUT2D eigenvalue weighted by Gasteiger charge is 2.24. The van der Waals surface area contributed by atoms with Crippen LogP contribution in [0.15, 0.2) is 18.2 Å². The highest BCUT2D eigenvalue weighted by atomic mass is 16.7. The summed E-state index contributed by atoms with van der Waals surface area (Å²) in [6.07, 6.45) is 0.334. The second-order valence-corrected chi connectivity index (χ2v) is 3.21. The Hall–Kier alpha value is -2.55. The number of hydroxylamine groups is 2. The van der Waals surface area contributed by atoms with Crippen LogP contribution in [0, 0.1) is 20.2 Å². The second kappa shape index (κ2) is 5.68. The van der Waals surface area contributed by atoms with Gasteiger partial charge < -0.3 is 0 Å². The van der Waals surface area contributed by atoms with Crippen molar-refractivity contribution in [3.8, 4) is 0 Å². The minimum atomic E-state index is -0.743. The van der Waals surface area contributed by atoms with Gasteiger partial charge in [0.05, 0.1) is 9.85 Å². The Kier molecular flexibility index (Phi) is 4.27. The first-order valence-corrected chi connectivity index (χ1v) is 4.69. The van der Waals surface area contributed by atoms with Crippen LogP contribution in [0.4, 0.5) is 11.4 Å². The number of carbonyl (C=O) groups excluding carboxylic acids is 1. The molecule has 1 rings (SSSR count). The van der Waals surface area contributed by atoms with Gasteiger partial charge >= 0.3 is 0 Å². The van der Waals surface area contributed by atoms with E-state index in [1.54, 1.807) is 0 Å². The molecule has 0 aliphatic carbocycles. The summed E-state index contributed by atoms with van der Waals surface area (Å²) in [6, 6.07) is 3.47. The van der Waals surface area contributed by atoms with Gasteiger partial charge in [-0.05, 0) is 6.07 Å². The first-order chi connectivity index (χ1) is 8.47. The molecule has 0 bridgehead atoms. The van der Waals surface area contributed by atoms with E-state index in [9.17, 15) is 25.0 Å². The molecule has 9 heteroatoms. The van der Waals surface area contributed by atoms with E-state index in [0.29, 0.717) is 6.41 Å². The third-order valence-electron chi connectivity index (χ3n) is 2.08. The molecular formula is C9H9N3O6. The van der Waals surface area contributed by atoms with Gasteiger partial charge in [-0.2, -0.15) is 0 Å². The topological polar surface area (TPSA) is 116 Å². The van der Waals surface area contributed by atoms with E-state index in [4.69, 9.17) is 4.84 Å². The highest BCUT2D eigenvalue weighted by Crippen LogP contribution is 2.28. The fourth-order valence-electron chi connectivity index (χ4n) is 1.25. The molecule has 0 heterocycles. The quantitative estimate of drug-likeness (QED) is 0.425. The monoisotopic (exact) mass is 255 g/mol. The molecule has 0 radical (unpaired) electrons. The van der Waals surface area contributed by atoms with Gasteiger partial charge in [0, 0.05) is 19.2 Å². The maximum atomic E-state index is 10.8. The minimum Gasteiger partial charge on any atom is -0.276 e. The molecule has 96 valence electrons. The number of nitro groups is 2. The number of nitrogens with zero attached hydrogens (tertiary/aromatic N) is 3. The summed E-state index contributed by atoms with van der Waals surface area (Å²) in [5, 5.41) is 22.3. The van der Waals surface area contributed by atoms with Crippen molar-refractivity contribution in [1.82, 2.24) is 5.06 Å². The molecule has 0 aliphatic heterocycles. The lowest BCUT2D eigenvalue weighted by Crippen LogP contribution is -2.17. The standard InChI is InChI=1S/C9H9N3O6/c1-10(6-13)18-5-7-8(11(14)15)3-2-4-9(7)12(16)17/h2-4,6H,5H2,1H3. The Bertz CT molecular complexity index is 457. The van der Waals surface area contributed by atoms with Crippen LogP contribution in [0.2, 0.25) is 0 Å². The van der Waals surface area contributed by atoms with E-state index in [1.807, 2.05) is 0 Å². The fourth-order valence-corrected chi connectivity index (χ4v) is 1.25. The first kappa shape index (κ1) is 13.5. The molecule has 18 heavy (non-hydrogen) atoms. The average Bonchev–Trinajstić information content (AvgIpc) is 2.34. The SMILES string of the molecule is CN(C=O)OCc1c([N+](=O)[O-])cccc1[N+](=O)[O-]. The van der Waals surface area contributed by atoms with Gasteiger partial charge in [0.2, 0.25) is 6.41 Å². The van der Waals surface area contributed by atoms with Gasteiger partial charge in [-0.1, -0.05) is 0 Å². The van der Waals surface area contributed by atoms with E-state index in [-0.39, 0.29) is 5.56 Å². The number of amides is 1. The van der Waals surface area contributed by atoms with Gasteiger partial charge in [-0.3, -0.25) is 29.9 Å². The molecule has 0 N–H and O–H groups in total. The molecule has 0 aliphatic rings. The van der Waals surface area contributed by atoms with Crippen LogP contribution in [-0.2, 0) is 16.2 Å². The van der Waals surface area contributed by atoms with Crippen molar-refractivity contribution in [3.63, 3.8) is 0 Å². The number of rotatable bonds is 6. The van der Waals surface area contributed by atoms with Crippen LogP contribution < -0.4 is 0 Å². The van der Waals surface area contributed by atoms with Gasteiger partial charge in [0.25, 0.3) is 11.4 Å². The lowest BCUT2D eigenvalue weighted by Gasteiger charge is -2.10. The normalized spacial score (nSPS) is 9.83. The van der Waals surface area contributed by atoms with Crippen LogP contribution in [0.5, 0.6) is 0 Å². The van der Waals surface area contributed by atoms with Crippen molar-refractivity contribution < 1.29 is 19.5 Å². The zero-order chi connectivity index (χ0) is 13.7. The van der Waals surface area contributed by atoms with Crippen molar-refractivity contribution in [2.45, 2.75) is 6.61 Å². The Labute approximate surface area is 101 Å². The number of hydrogen-bond donors (Lipinski definition) is 0. The lowest BCUT2D eigenvalue weighted by atomic mass is 10.1. The molecule has 0 fully saturated rings. The first-order valence-electron chi connectivity index (χ1n) is 4.69. The number of hydrogen-bond acceptors (Lipinski definition) is 6. The molecule has 1 aromatic rings. The third-order valence-corrected chi connectivity index (χ3v) is 2.08. The van der Waals surface area contributed by atoms with Crippen molar-refractivity contribution in [3.05, 3.63) is 44.0 Å².